The predicted octanol–water partition coefficient (Wildman–Crippen LogP) is 3.15. The van der Waals surface area contributed by atoms with E-state index in [0.29, 0.717) is 13.0 Å². The van der Waals surface area contributed by atoms with Crippen molar-refractivity contribution < 1.29 is 9.31 Å². The molecule has 0 atom stereocenters. The summed E-state index contributed by atoms with van der Waals surface area (Å²) in [5.74, 6) is -0.502. The second-order valence-electron chi connectivity index (χ2n) is 3.98. The van der Waals surface area contributed by atoms with Crippen LogP contribution in [0.2, 0.25) is 0 Å². The van der Waals surface area contributed by atoms with Gasteiger partial charge in [0, 0.05) is 36.2 Å². The third kappa shape index (κ3) is 3.47. The lowest BCUT2D eigenvalue weighted by Crippen LogP contribution is -2.07. The Morgan fingerprint density at radius 1 is 1.53 bits per heavy atom. The standard InChI is InChI=1S/C12H12FN3O2S/c1-8-7-19-12(15-8)4-5-14-10-6-9(13)2-3-11(10)16(17)18/h2-3,6-7,14H,4-5H2,1H3. The number of anilines is 1. The first-order valence-corrected chi connectivity index (χ1v) is 6.53. The molecule has 0 saturated heterocycles. The minimum atomic E-state index is -0.532. The van der Waals surface area contributed by atoms with Crippen LogP contribution in [0.1, 0.15) is 10.7 Å². The van der Waals surface area contributed by atoms with E-state index in [1.807, 2.05) is 12.3 Å². The van der Waals surface area contributed by atoms with E-state index < -0.39 is 10.7 Å². The fourth-order valence-corrected chi connectivity index (χ4v) is 2.41. The minimum absolute atomic E-state index is 0.128. The number of halogens is 1. The van der Waals surface area contributed by atoms with Gasteiger partial charge >= 0.3 is 0 Å². The molecule has 0 aliphatic heterocycles. The molecule has 0 radical (unpaired) electrons. The predicted molar refractivity (Wildman–Crippen MR) is 72.1 cm³/mol. The van der Waals surface area contributed by atoms with Gasteiger partial charge in [0.15, 0.2) is 0 Å². The van der Waals surface area contributed by atoms with Gasteiger partial charge in [0.05, 0.1) is 9.93 Å². The molecule has 1 aromatic heterocycles. The number of nitrogens with zero attached hydrogens (tertiary/aromatic N) is 2. The topological polar surface area (TPSA) is 68.1 Å². The lowest BCUT2D eigenvalue weighted by atomic mass is 10.2. The van der Waals surface area contributed by atoms with E-state index >= 15 is 0 Å². The van der Waals surface area contributed by atoms with Crippen LogP contribution in [0.3, 0.4) is 0 Å². The zero-order chi connectivity index (χ0) is 13.8. The number of hydrogen-bond acceptors (Lipinski definition) is 5. The Morgan fingerprint density at radius 2 is 2.32 bits per heavy atom. The van der Waals surface area contributed by atoms with Crippen molar-refractivity contribution in [1.29, 1.82) is 0 Å². The van der Waals surface area contributed by atoms with Crippen molar-refractivity contribution in [2.75, 3.05) is 11.9 Å². The van der Waals surface area contributed by atoms with Crippen LogP contribution in [0.5, 0.6) is 0 Å². The summed E-state index contributed by atoms with van der Waals surface area (Å²) in [6.45, 7) is 2.38. The highest BCUT2D eigenvalue weighted by Crippen LogP contribution is 2.24. The molecule has 1 aromatic carbocycles. The Hall–Kier alpha value is -2.02. The van der Waals surface area contributed by atoms with Gasteiger partial charge in [-0.15, -0.1) is 11.3 Å². The summed E-state index contributed by atoms with van der Waals surface area (Å²) in [6, 6.07) is 3.37. The summed E-state index contributed by atoms with van der Waals surface area (Å²) in [6.07, 6.45) is 0.645. The molecule has 2 aromatic rings. The van der Waals surface area contributed by atoms with E-state index in [2.05, 4.69) is 10.3 Å². The highest BCUT2D eigenvalue weighted by atomic mass is 32.1. The molecule has 0 saturated carbocycles. The maximum absolute atomic E-state index is 13.1. The normalized spacial score (nSPS) is 10.4. The molecule has 0 unspecified atom stereocenters. The zero-order valence-corrected chi connectivity index (χ0v) is 11.0. The van der Waals surface area contributed by atoms with Gasteiger partial charge in [-0.25, -0.2) is 9.37 Å². The van der Waals surface area contributed by atoms with Gasteiger partial charge in [0.1, 0.15) is 11.5 Å². The number of hydrogen-bond donors (Lipinski definition) is 1. The quantitative estimate of drug-likeness (QED) is 0.675. The number of nitro groups is 1. The van der Waals surface area contributed by atoms with E-state index in [-0.39, 0.29) is 11.4 Å². The largest absolute Gasteiger partial charge is 0.379 e. The zero-order valence-electron chi connectivity index (χ0n) is 10.2. The first-order valence-electron chi connectivity index (χ1n) is 5.65. The maximum Gasteiger partial charge on any atom is 0.292 e. The minimum Gasteiger partial charge on any atom is -0.379 e. The molecule has 7 heteroatoms. The number of nitrogens with one attached hydrogen (secondary N) is 1. The molecular weight excluding hydrogens is 269 g/mol. The van der Waals surface area contributed by atoms with Crippen LogP contribution in [0, 0.1) is 22.9 Å². The van der Waals surface area contributed by atoms with Crippen LogP contribution in [0.15, 0.2) is 23.6 Å². The van der Waals surface area contributed by atoms with E-state index in [1.54, 1.807) is 0 Å². The molecule has 0 aliphatic carbocycles. The molecule has 2 rings (SSSR count). The third-order valence-electron chi connectivity index (χ3n) is 2.48. The molecule has 100 valence electrons. The van der Waals surface area contributed by atoms with Gasteiger partial charge in [-0.2, -0.15) is 0 Å². The second-order valence-corrected chi connectivity index (χ2v) is 4.92. The van der Waals surface area contributed by atoms with Gasteiger partial charge in [-0.3, -0.25) is 10.1 Å². The Balaban J connectivity index is 2.02. The maximum atomic E-state index is 13.1. The van der Waals surface area contributed by atoms with Crippen molar-refractivity contribution in [1.82, 2.24) is 4.98 Å². The number of benzene rings is 1. The number of nitro benzene ring substituents is 1. The number of rotatable bonds is 5. The first-order chi connectivity index (χ1) is 9.06. The fourth-order valence-electron chi connectivity index (χ4n) is 1.63. The van der Waals surface area contributed by atoms with Crippen molar-refractivity contribution in [3.8, 4) is 0 Å². The van der Waals surface area contributed by atoms with Gasteiger partial charge in [0.2, 0.25) is 0 Å². The highest BCUT2D eigenvalue weighted by Gasteiger charge is 2.13. The van der Waals surface area contributed by atoms with Gasteiger partial charge < -0.3 is 5.32 Å². The first kappa shape index (κ1) is 13.4. The molecule has 1 heterocycles. The van der Waals surface area contributed by atoms with Crippen LogP contribution in [0.4, 0.5) is 15.8 Å². The number of thiazole rings is 1. The smallest absolute Gasteiger partial charge is 0.292 e. The van der Waals surface area contributed by atoms with Crippen molar-refractivity contribution in [3.05, 3.63) is 50.2 Å². The molecule has 5 nitrogen and oxygen atoms in total. The average Bonchev–Trinajstić information content (AvgIpc) is 2.75. The summed E-state index contributed by atoms with van der Waals surface area (Å²) in [7, 11) is 0. The molecular formula is C12H12FN3O2S. The third-order valence-corrected chi connectivity index (χ3v) is 3.50. The molecule has 0 fully saturated rings. The van der Waals surface area contributed by atoms with Crippen molar-refractivity contribution in [3.63, 3.8) is 0 Å². The summed E-state index contributed by atoms with van der Waals surface area (Å²) in [5, 5.41) is 16.6. The van der Waals surface area contributed by atoms with Crippen molar-refractivity contribution >= 4 is 22.7 Å². The highest BCUT2D eigenvalue weighted by molar-refractivity contribution is 7.09. The lowest BCUT2D eigenvalue weighted by molar-refractivity contribution is -0.384. The van der Waals surface area contributed by atoms with E-state index in [0.717, 1.165) is 28.9 Å². The van der Waals surface area contributed by atoms with Crippen LogP contribution >= 0.6 is 11.3 Å². The van der Waals surface area contributed by atoms with Crippen molar-refractivity contribution in [2.24, 2.45) is 0 Å². The Morgan fingerprint density at radius 3 is 2.95 bits per heavy atom. The van der Waals surface area contributed by atoms with E-state index in [9.17, 15) is 14.5 Å². The lowest BCUT2D eigenvalue weighted by Gasteiger charge is -2.06. The molecule has 0 spiro atoms. The number of aromatic nitrogens is 1. The summed E-state index contributed by atoms with van der Waals surface area (Å²) in [5.41, 5.74) is 1.02. The fraction of sp³-hybridized carbons (Fsp3) is 0.250. The van der Waals surface area contributed by atoms with Gasteiger partial charge in [0.25, 0.3) is 5.69 Å². The monoisotopic (exact) mass is 281 g/mol. The van der Waals surface area contributed by atoms with Crippen LogP contribution in [-0.2, 0) is 6.42 Å². The SMILES string of the molecule is Cc1csc(CCNc2cc(F)ccc2[N+](=O)[O-])n1. The van der Waals surface area contributed by atoms with Crippen LogP contribution < -0.4 is 5.32 Å². The van der Waals surface area contributed by atoms with Gasteiger partial charge in [-0.05, 0) is 13.0 Å². The van der Waals surface area contributed by atoms with E-state index in [4.69, 9.17) is 0 Å². The van der Waals surface area contributed by atoms with E-state index in [1.165, 1.54) is 11.3 Å². The molecule has 0 aliphatic rings. The molecule has 0 amide bonds. The van der Waals surface area contributed by atoms with Crippen LogP contribution in [-0.4, -0.2) is 16.5 Å². The van der Waals surface area contributed by atoms with Crippen LogP contribution in [0.25, 0.3) is 0 Å². The van der Waals surface area contributed by atoms with Gasteiger partial charge in [-0.1, -0.05) is 0 Å². The molecule has 19 heavy (non-hydrogen) atoms. The average molecular weight is 281 g/mol. The summed E-state index contributed by atoms with van der Waals surface area (Å²) in [4.78, 5) is 14.6. The summed E-state index contributed by atoms with van der Waals surface area (Å²) >= 11 is 1.54. The van der Waals surface area contributed by atoms with Crippen molar-refractivity contribution in [2.45, 2.75) is 13.3 Å². The Kier molecular flexibility index (Phi) is 4.06. The number of aryl methyl sites for hydroxylation is 1. The second kappa shape index (κ2) is 5.75. The molecule has 1 N–H and O–H groups in total. The Labute approximate surface area is 113 Å². The summed E-state index contributed by atoms with van der Waals surface area (Å²) < 4.78 is 13.1. The molecule has 0 bridgehead atoms. The Bertz CT molecular complexity index is 600.